The average molecular weight is 444 g/mol. The SMILES string of the molecule is O=C(CC[C@@H]1CCCN(C(=O)Nc2ccccc2)C1)NCc1cccc(Br)c1. The number of likely N-dealkylation sites (tertiary alicyclic amines) is 1. The van der Waals surface area contributed by atoms with E-state index in [0.717, 1.165) is 41.5 Å². The van der Waals surface area contributed by atoms with Gasteiger partial charge in [-0.25, -0.2) is 4.79 Å². The first kappa shape index (κ1) is 20.4. The Hall–Kier alpha value is -2.34. The largest absolute Gasteiger partial charge is 0.352 e. The molecule has 3 amide bonds. The molecule has 3 rings (SSSR count). The summed E-state index contributed by atoms with van der Waals surface area (Å²) >= 11 is 3.44. The fraction of sp³-hybridized carbons (Fsp3) is 0.364. The summed E-state index contributed by atoms with van der Waals surface area (Å²) in [5.74, 6) is 0.428. The maximum atomic E-state index is 12.5. The molecule has 1 aliphatic heterocycles. The zero-order valence-corrected chi connectivity index (χ0v) is 17.5. The van der Waals surface area contributed by atoms with Crippen LogP contribution >= 0.6 is 15.9 Å². The van der Waals surface area contributed by atoms with E-state index >= 15 is 0 Å². The van der Waals surface area contributed by atoms with E-state index in [1.807, 2.05) is 59.5 Å². The summed E-state index contributed by atoms with van der Waals surface area (Å²) in [6.07, 6.45) is 3.34. The number of halogens is 1. The molecule has 2 N–H and O–H groups in total. The molecule has 5 nitrogen and oxygen atoms in total. The van der Waals surface area contributed by atoms with Crippen LogP contribution in [0.1, 0.15) is 31.2 Å². The third kappa shape index (κ3) is 6.37. The lowest BCUT2D eigenvalue weighted by Crippen LogP contribution is -2.42. The molecule has 0 unspecified atom stereocenters. The normalized spacial score (nSPS) is 16.5. The molecule has 28 heavy (non-hydrogen) atoms. The van der Waals surface area contributed by atoms with Gasteiger partial charge in [-0.1, -0.05) is 46.3 Å². The summed E-state index contributed by atoms with van der Waals surface area (Å²) in [7, 11) is 0. The van der Waals surface area contributed by atoms with Crippen molar-refractivity contribution in [1.29, 1.82) is 0 Å². The Morgan fingerprint density at radius 1 is 1.11 bits per heavy atom. The number of anilines is 1. The van der Waals surface area contributed by atoms with Crippen LogP contribution in [0.5, 0.6) is 0 Å². The third-order valence-electron chi connectivity index (χ3n) is 4.99. The first-order valence-electron chi connectivity index (χ1n) is 9.72. The lowest BCUT2D eigenvalue weighted by molar-refractivity contribution is -0.121. The van der Waals surface area contributed by atoms with Crippen LogP contribution in [0.15, 0.2) is 59.1 Å². The molecular weight excluding hydrogens is 418 g/mol. The summed E-state index contributed by atoms with van der Waals surface area (Å²) in [4.78, 5) is 26.5. The highest BCUT2D eigenvalue weighted by Gasteiger charge is 2.24. The fourth-order valence-corrected chi connectivity index (χ4v) is 3.93. The Morgan fingerprint density at radius 2 is 1.93 bits per heavy atom. The Balaban J connectivity index is 1.40. The van der Waals surface area contributed by atoms with Crippen LogP contribution in [0, 0.1) is 5.92 Å². The standard InChI is InChI=1S/C22H26BrN3O2/c23-19-8-4-6-18(14-19)15-24-21(27)12-11-17-7-5-13-26(16-17)22(28)25-20-9-2-1-3-10-20/h1-4,6,8-10,14,17H,5,7,11-13,15-16H2,(H,24,27)(H,25,28)/t17-/m0/s1. The quantitative estimate of drug-likeness (QED) is 0.673. The minimum Gasteiger partial charge on any atom is -0.352 e. The van der Waals surface area contributed by atoms with Gasteiger partial charge < -0.3 is 15.5 Å². The second kappa shape index (κ2) is 10.3. The molecule has 0 bridgehead atoms. The molecule has 1 atom stereocenters. The van der Waals surface area contributed by atoms with Crippen molar-refractivity contribution in [2.24, 2.45) is 5.92 Å². The van der Waals surface area contributed by atoms with Crippen molar-refractivity contribution < 1.29 is 9.59 Å². The molecule has 0 radical (unpaired) electrons. The van der Waals surface area contributed by atoms with Gasteiger partial charge >= 0.3 is 6.03 Å². The van der Waals surface area contributed by atoms with Gasteiger partial charge in [-0.05, 0) is 55.0 Å². The van der Waals surface area contributed by atoms with Crippen LogP contribution in [-0.4, -0.2) is 29.9 Å². The monoisotopic (exact) mass is 443 g/mol. The Kier molecular flexibility index (Phi) is 7.48. The van der Waals surface area contributed by atoms with E-state index in [9.17, 15) is 9.59 Å². The first-order valence-corrected chi connectivity index (χ1v) is 10.5. The molecule has 0 saturated carbocycles. The van der Waals surface area contributed by atoms with E-state index < -0.39 is 0 Å². The van der Waals surface area contributed by atoms with E-state index in [1.54, 1.807) is 0 Å². The number of amides is 3. The van der Waals surface area contributed by atoms with E-state index in [-0.39, 0.29) is 11.9 Å². The van der Waals surface area contributed by atoms with Crippen LogP contribution < -0.4 is 10.6 Å². The van der Waals surface area contributed by atoms with Crippen molar-refractivity contribution in [2.45, 2.75) is 32.2 Å². The summed E-state index contributed by atoms with van der Waals surface area (Å²) in [5.41, 5.74) is 1.88. The van der Waals surface area contributed by atoms with Gasteiger partial charge in [0.05, 0.1) is 0 Å². The number of nitrogens with one attached hydrogen (secondary N) is 2. The van der Waals surface area contributed by atoms with Crippen LogP contribution in [0.4, 0.5) is 10.5 Å². The smallest absolute Gasteiger partial charge is 0.321 e. The molecule has 0 aliphatic carbocycles. The van der Waals surface area contributed by atoms with Crippen molar-refractivity contribution in [2.75, 3.05) is 18.4 Å². The topological polar surface area (TPSA) is 61.4 Å². The molecule has 0 aromatic heterocycles. The number of carbonyl (C=O) groups is 2. The van der Waals surface area contributed by atoms with Crippen molar-refractivity contribution >= 4 is 33.6 Å². The van der Waals surface area contributed by atoms with E-state index in [1.165, 1.54) is 0 Å². The molecule has 1 fully saturated rings. The third-order valence-corrected chi connectivity index (χ3v) is 5.48. The summed E-state index contributed by atoms with van der Waals surface area (Å²) in [5, 5.41) is 5.92. The summed E-state index contributed by atoms with van der Waals surface area (Å²) in [6, 6.07) is 17.4. The fourth-order valence-electron chi connectivity index (χ4n) is 3.48. The number of piperidine rings is 1. The first-order chi connectivity index (χ1) is 13.6. The Labute approximate surface area is 174 Å². The lowest BCUT2D eigenvalue weighted by atomic mass is 9.93. The zero-order chi connectivity index (χ0) is 19.8. The number of nitrogens with zero attached hydrogens (tertiary/aromatic N) is 1. The lowest BCUT2D eigenvalue weighted by Gasteiger charge is -2.32. The van der Waals surface area contributed by atoms with Gasteiger partial charge in [0.2, 0.25) is 5.91 Å². The number of hydrogen-bond donors (Lipinski definition) is 2. The van der Waals surface area contributed by atoms with Gasteiger partial charge in [0, 0.05) is 36.2 Å². The highest BCUT2D eigenvalue weighted by molar-refractivity contribution is 9.10. The summed E-state index contributed by atoms with van der Waals surface area (Å²) in [6.45, 7) is 2.01. The van der Waals surface area contributed by atoms with E-state index in [4.69, 9.17) is 0 Å². The summed E-state index contributed by atoms with van der Waals surface area (Å²) < 4.78 is 1.01. The van der Waals surface area contributed by atoms with Gasteiger partial charge in [-0.2, -0.15) is 0 Å². The van der Waals surface area contributed by atoms with Gasteiger partial charge in [-0.15, -0.1) is 0 Å². The van der Waals surface area contributed by atoms with Crippen LogP contribution in [0.25, 0.3) is 0 Å². The maximum Gasteiger partial charge on any atom is 0.321 e. The Bertz CT molecular complexity index is 797. The van der Waals surface area contributed by atoms with Crippen molar-refractivity contribution in [1.82, 2.24) is 10.2 Å². The van der Waals surface area contributed by atoms with Gasteiger partial charge in [0.1, 0.15) is 0 Å². The highest BCUT2D eigenvalue weighted by Crippen LogP contribution is 2.22. The molecule has 1 saturated heterocycles. The molecule has 2 aromatic carbocycles. The number of hydrogen-bond acceptors (Lipinski definition) is 2. The molecule has 1 heterocycles. The van der Waals surface area contributed by atoms with Crippen LogP contribution in [-0.2, 0) is 11.3 Å². The molecule has 148 valence electrons. The zero-order valence-electron chi connectivity index (χ0n) is 15.9. The van der Waals surface area contributed by atoms with Crippen LogP contribution in [0.2, 0.25) is 0 Å². The van der Waals surface area contributed by atoms with Gasteiger partial charge in [0.25, 0.3) is 0 Å². The molecule has 1 aliphatic rings. The number of rotatable bonds is 6. The van der Waals surface area contributed by atoms with E-state index in [2.05, 4.69) is 26.6 Å². The van der Waals surface area contributed by atoms with Crippen molar-refractivity contribution in [3.63, 3.8) is 0 Å². The molecule has 6 heteroatoms. The molecular formula is C22H26BrN3O2. The van der Waals surface area contributed by atoms with Gasteiger partial charge in [-0.3, -0.25) is 4.79 Å². The Morgan fingerprint density at radius 3 is 2.71 bits per heavy atom. The molecule has 2 aromatic rings. The average Bonchev–Trinajstić information content (AvgIpc) is 2.72. The maximum absolute atomic E-state index is 12.5. The van der Waals surface area contributed by atoms with Crippen LogP contribution in [0.3, 0.4) is 0 Å². The predicted molar refractivity (Wildman–Crippen MR) is 115 cm³/mol. The minimum atomic E-state index is -0.0602. The van der Waals surface area contributed by atoms with Crippen molar-refractivity contribution in [3.05, 3.63) is 64.6 Å². The number of carbonyl (C=O) groups excluding carboxylic acids is 2. The predicted octanol–water partition coefficient (Wildman–Crippen LogP) is 4.79. The molecule has 0 spiro atoms. The minimum absolute atomic E-state index is 0.0602. The second-order valence-electron chi connectivity index (χ2n) is 7.20. The number of urea groups is 1. The highest BCUT2D eigenvalue weighted by atomic mass is 79.9. The van der Waals surface area contributed by atoms with E-state index in [0.29, 0.717) is 25.4 Å². The number of para-hydroxylation sites is 1. The van der Waals surface area contributed by atoms with Gasteiger partial charge in [0.15, 0.2) is 0 Å². The number of benzene rings is 2. The second-order valence-corrected chi connectivity index (χ2v) is 8.11. The van der Waals surface area contributed by atoms with Crippen molar-refractivity contribution in [3.8, 4) is 0 Å².